The number of benzene rings is 1. The number of nitrogens with two attached hydrogens (primary N) is 1. The summed E-state index contributed by atoms with van der Waals surface area (Å²) in [6.45, 7) is 2.06. The third-order valence-corrected chi connectivity index (χ3v) is 7.23. The van der Waals surface area contributed by atoms with Crippen molar-refractivity contribution >= 4 is 17.0 Å². The minimum absolute atomic E-state index is 0.265. The number of hydrogen-bond acceptors (Lipinski definition) is 6. The van der Waals surface area contributed by atoms with Gasteiger partial charge in [0, 0.05) is 12.3 Å². The van der Waals surface area contributed by atoms with Crippen LogP contribution in [-0.2, 0) is 13.0 Å². The number of nitrogens with one attached hydrogen (secondary N) is 1. The topological polar surface area (TPSA) is 112 Å². The molecule has 3 aliphatic rings. The quantitative estimate of drug-likeness (QED) is 0.450. The molecular formula is C25H26N6O2. The predicted molar refractivity (Wildman–Crippen MR) is 125 cm³/mol. The number of anilines is 1. The Morgan fingerprint density at radius 2 is 1.85 bits per heavy atom. The molecule has 0 saturated heterocycles. The maximum atomic E-state index is 12.4. The van der Waals surface area contributed by atoms with E-state index in [4.69, 9.17) is 10.5 Å². The molecular weight excluding hydrogens is 416 g/mol. The second-order valence-corrected chi connectivity index (χ2v) is 9.32. The molecule has 0 spiro atoms. The van der Waals surface area contributed by atoms with E-state index in [-0.39, 0.29) is 11.5 Å². The van der Waals surface area contributed by atoms with Gasteiger partial charge in [-0.2, -0.15) is 0 Å². The number of aromatic amines is 1. The highest BCUT2D eigenvalue weighted by Crippen LogP contribution is 2.60. The fourth-order valence-corrected chi connectivity index (χ4v) is 5.11. The van der Waals surface area contributed by atoms with E-state index in [1.165, 1.54) is 29.4 Å². The summed E-state index contributed by atoms with van der Waals surface area (Å²) in [5, 5.41) is 0. The maximum absolute atomic E-state index is 12.4. The van der Waals surface area contributed by atoms with E-state index in [1.54, 1.807) is 19.2 Å². The predicted octanol–water partition coefficient (Wildman–Crippen LogP) is 3.83. The van der Waals surface area contributed by atoms with Crippen LogP contribution in [0.3, 0.4) is 0 Å². The van der Waals surface area contributed by atoms with E-state index in [2.05, 4.69) is 32.1 Å². The summed E-state index contributed by atoms with van der Waals surface area (Å²) in [4.78, 5) is 28.0. The largest absolute Gasteiger partial charge is 0.439 e. The summed E-state index contributed by atoms with van der Waals surface area (Å²) in [6, 6.07) is 12.0. The van der Waals surface area contributed by atoms with Gasteiger partial charge in [0.15, 0.2) is 11.5 Å². The number of aromatic nitrogens is 5. The molecule has 0 radical (unpaired) electrons. The van der Waals surface area contributed by atoms with Crippen molar-refractivity contribution in [2.75, 3.05) is 5.73 Å². The van der Waals surface area contributed by atoms with Crippen LogP contribution in [0, 0.1) is 24.7 Å². The first-order chi connectivity index (χ1) is 16.0. The lowest BCUT2D eigenvalue weighted by Gasteiger charge is -2.58. The second kappa shape index (κ2) is 7.72. The SMILES string of the molecule is Cc1nc(N)c2[nH]c(=O)n(Cc3ccc(Oc4ccc(CCC5C6CC5C6)cc4)nc3)c2n1. The standard InChI is InChI=1S/C25H26N6O2/c1-14-28-23(26)22-24(29-14)31(25(32)30-22)13-16-5-9-21(27-12-16)33-19-6-2-15(3-7-19)4-8-20-17-10-18(20)11-17/h2-3,5-7,9,12,17-18,20H,4,8,10-11,13H2,1H3,(H,30,32)(H2,26,28,29). The molecule has 3 fully saturated rings. The maximum Gasteiger partial charge on any atom is 0.328 e. The number of ether oxygens (including phenoxy) is 1. The summed E-state index contributed by atoms with van der Waals surface area (Å²) in [5.74, 6) is 5.09. The lowest BCUT2D eigenvalue weighted by molar-refractivity contribution is -0.0845. The Hall–Kier alpha value is -3.68. The van der Waals surface area contributed by atoms with Crippen LogP contribution in [0.5, 0.6) is 11.6 Å². The molecule has 8 nitrogen and oxygen atoms in total. The Bertz CT molecular complexity index is 1360. The molecule has 3 N–H and O–H groups in total. The molecule has 0 amide bonds. The van der Waals surface area contributed by atoms with Crippen LogP contribution in [-0.4, -0.2) is 24.5 Å². The number of pyridine rings is 1. The molecule has 0 aliphatic heterocycles. The highest BCUT2D eigenvalue weighted by molar-refractivity contribution is 5.81. The van der Waals surface area contributed by atoms with Gasteiger partial charge in [-0.15, -0.1) is 0 Å². The van der Waals surface area contributed by atoms with E-state index in [1.807, 2.05) is 18.2 Å². The van der Waals surface area contributed by atoms with E-state index in [9.17, 15) is 4.79 Å². The fourth-order valence-electron chi connectivity index (χ4n) is 5.11. The molecule has 3 heterocycles. The minimum Gasteiger partial charge on any atom is -0.439 e. The van der Waals surface area contributed by atoms with Gasteiger partial charge in [-0.1, -0.05) is 18.2 Å². The lowest BCUT2D eigenvalue weighted by atomic mass is 9.47. The zero-order valence-electron chi connectivity index (χ0n) is 18.5. The van der Waals surface area contributed by atoms with Crippen molar-refractivity contribution in [2.45, 2.75) is 39.2 Å². The van der Waals surface area contributed by atoms with Gasteiger partial charge in [0.05, 0.1) is 6.54 Å². The van der Waals surface area contributed by atoms with Crippen molar-refractivity contribution in [1.29, 1.82) is 0 Å². The molecule has 7 rings (SSSR count). The van der Waals surface area contributed by atoms with E-state index in [0.29, 0.717) is 29.4 Å². The van der Waals surface area contributed by atoms with Gasteiger partial charge in [-0.25, -0.2) is 19.7 Å². The molecule has 2 bridgehead atoms. The first-order valence-corrected chi connectivity index (χ1v) is 11.5. The average molecular weight is 443 g/mol. The molecule has 8 heteroatoms. The van der Waals surface area contributed by atoms with Gasteiger partial charge >= 0.3 is 5.69 Å². The van der Waals surface area contributed by atoms with Crippen molar-refractivity contribution in [3.05, 3.63) is 70.0 Å². The van der Waals surface area contributed by atoms with Crippen LogP contribution in [0.2, 0.25) is 0 Å². The highest BCUT2D eigenvalue weighted by Gasteiger charge is 2.51. The highest BCUT2D eigenvalue weighted by atomic mass is 16.5. The monoisotopic (exact) mass is 442 g/mol. The van der Waals surface area contributed by atoms with Crippen molar-refractivity contribution in [3.8, 4) is 11.6 Å². The van der Waals surface area contributed by atoms with Crippen LogP contribution in [0.4, 0.5) is 5.82 Å². The molecule has 3 saturated carbocycles. The van der Waals surface area contributed by atoms with Crippen molar-refractivity contribution < 1.29 is 4.74 Å². The number of aryl methyl sites for hydroxylation is 2. The van der Waals surface area contributed by atoms with Crippen molar-refractivity contribution in [2.24, 2.45) is 17.8 Å². The van der Waals surface area contributed by atoms with Crippen molar-refractivity contribution in [3.63, 3.8) is 0 Å². The number of fused-ring (bicyclic) bond motifs is 1. The molecule has 0 atom stereocenters. The normalized spacial score (nSPS) is 20.9. The third-order valence-electron chi connectivity index (χ3n) is 7.23. The summed E-state index contributed by atoms with van der Waals surface area (Å²) >= 11 is 0. The average Bonchev–Trinajstić information content (AvgIpc) is 3.04. The van der Waals surface area contributed by atoms with Crippen LogP contribution in [0.15, 0.2) is 47.4 Å². The van der Waals surface area contributed by atoms with Crippen LogP contribution in [0.25, 0.3) is 11.2 Å². The van der Waals surface area contributed by atoms with Crippen LogP contribution < -0.4 is 16.2 Å². The zero-order valence-corrected chi connectivity index (χ0v) is 18.5. The Kier molecular flexibility index (Phi) is 4.67. The molecule has 0 unspecified atom stereocenters. The Morgan fingerprint density at radius 1 is 1.09 bits per heavy atom. The number of rotatable bonds is 7. The number of nitrogen functional groups attached to an aromatic ring is 1. The summed E-state index contributed by atoms with van der Waals surface area (Å²) in [6.07, 6.45) is 7.12. The molecule has 33 heavy (non-hydrogen) atoms. The van der Waals surface area contributed by atoms with Gasteiger partial charge in [0.2, 0.25) is 5.88 Å². The van der Waals surface area contributed by atoms with Crippen LogP contribution in [0.1, 0.15) is 36.2 Å². The Morgan fingerprint density at radius 3 is 2.52 bits per heavy atom. The van der Waals surface area contributed by atoms with E-state index < -0.39 is 0 Å². The van der Waals surface area contributed by atoms with Crippen LogP contribution >= 0.6 is 0 Å². The fraction of sp³-hybridized carbons (Fsp3) is 0.360. The number of H-pyrrole nitrogens is 1. The Labute approximate surface area is 190 Å². The van der Waals surface area contributed by atoms with Crippen molar-refractivity contribution in [1.82, 2.24) is 24.5 Å². The molecule has 168 valence electrons. The number of nitrogens with zero attached hydrogens (tertiary/aromatic N) is 4. The van der Waals surface area contributed by atoms with Gasteiger partial charge in [-0.05, 0) is 73.6 Å². The lowest BCUT2D eigenvalue weighted by Crippen LogP contribution is -2.50. The number of imidazole rings is 1. The smallest absolute Gasteiger partial charge is 0.328 e. The molecule has 4 aromatic rings. The van der Waals surface area contributed by atoms with Gasteiger partial charge in [0.1, 0.15) is 17.1 Å². The van der Waals surface area contributed by atoms with Gasteiger partial charge in [-0.3, -0.25) is 4.57 Å². The van der Waals surface area contributed by atoms with Gasteiger partial charge < -0.3 is 15.5 Å². The Balaban J connectivity index is 1.11. The second-order valence-electron chi connectivity index (χ2n) is 9.32. The third kappa shape index (κ3) is 3.65. The summed E-state index contributed by atoms with van der Waals surface area (Å²) in [5.41, 5.74) is 8.78. The minimum atomic E-state index is -0.286. The zero-order chi connectivity index (χ0) is 22.5. The first-order valence-electron chi connectivity index (χ1n) is 11.5. The molecule has 3 aliphatic carbocycles. The summed E-state index contributed by atoms with van der Waals surface area (Å²) in [7, 11) is 0. The molecule has 1 aromatic carbocycles. The van der Waals surface area contributed by atoms with E-state index >= 15 is 0 Å². The molecule has 3 aromatic heterocycles. The van der Waals surface area contributed by atoms with E-state index in [0.717, 1.165) is 35.5 Å². The summed E-state index contributed by atoms with van der Waals surface area (Å²) < 4.78 is 7.44. The number of hydrogen-bond donors (Lipinski definition) is 2. The van der Waals surface area contributed by atoms with Gasteiger partial charge in [0.25, 0.3) is 0 Å². The first kappa shape index (κ1) is 20.0.